The van der Waals surface area contributed by atoms with Crippen molar-refractivity contribution in [3.63, 3.8) is 0 Å². The normalized spacial score (nSPS) is 22.5. The molecular weight excluding hydrogens is 238 g/mol. The van der Waals surface area contributed by atoms with Crippen molar-refractivity contribution in [2.75, 3.05) is 6.54 Å². The van der Waals surface area contributed by atoms with Crippen molar-refractivity contribution >= 4 is 11.8 Å². The van der Waals surface area contributed by atoms with Crippen LogP contribution in [-0.4, -0.2) is 11.8 Å². The Labute approximate surface area is 116 Å². The second-order valence-corrected chi connectivity index (χ2v) is 6.71. The first-order valence-electron chi connectivity index (χ1n) is 7.21. The van der Waals surface area contributed by atoms with Gasteiger partial charge in [-0.05, 0) is 36.1 Å². The van der Waals surface area contributed by atoms with Gasteiger partial charge in [-0.3, -0.25) is 0 Å². The molecule has 0 aromatic heterocycles. The van der Waals surface area contributed by atoms with E-state index in [2.05, 4.69) is 63.0 Å². The van der Waals surface area contributed by atoms with Crippen molar-refractivity contribution in [1.29, 1.82) is 0 Å². The maximum atomic E-state index is 3.68. The highest BCUT2D eigenvalue weighted by atomic mass is 32.2. The first-order chi connectivity index (χ1) is 8.67. The van der Waals surface area contributed by atoms with Crippen LogP contribution in [0.15, 0.2) is 23.1 Å². The van der Waals surface area contributed by atoms with Gasteiger partial charge in [0.25, 0.3) is 0 Å². The molecule has 2 unspecified atom stereocenters. The number of fused-ring (bicyclic) bond motifs is 1. The van der Waals surface area contributed by atoms with E-state index in [4.69, 9.17) is 0 Å². The molecule has 0 fully saturated rings. The molecule has 2 rings (SSSR count). The van der Waals surface area contributed by atoms with E-state index < -0.39 is 0 Å². The van der Waals surface area contributed by atoms with Crippen LogP contribution in [0.25, 0.3) is 0 Å². The van der Waals surface area contributed by atoms with E-state index in [0.717, 1.165) is 6.54 Å². The van der Waals surface area contributed by atoms with Crippen molar-refractivity contribution in [3.05, 3.63) is 29.3 Å². The molecule has 1 aliphatic heterocycles. The Morgan fingerprint density at radius 3 is 2.67 bits per heavy atom. The maximum Gasteiger partial charge on any atom is 0.0455 e. The predicted octanol–water partition coefficient (Wildman–Crippen LogP) is 4.74. The van der Waals surface area contributed by atoms with Crippen molar-refractivity contribution in [3.8, 4) is 0 Å². The van der Waals surface area contributed by atoms with Gasteiger partial charge >= 0.3 is 0 Å². The van der Waals surface area contributed by atoms with Gasteiger partial charge in [0.15, 0.2) is 0 Å². The van der Waals surface area contributed by atoms with Crippen LogP contribution in [-0.2, 0) is 0 Å². The van der Waals surface area contributed by atoms with Crippen LogP contribution in [0.2, 0.25) is 0 Å². The summed E-state index contributed by atoms with van der Waals surface area (Å²) in [5.41, 5.74) is 3.00. The molecule has 18 heavy (non-hydrogen) atoms. The Morgan fingerprint density at radius 1 is 1.28 bits per heavy atom. The van der Waals surface area contributed by atoms with Crippen LogP contribution in [0.5, 0.6) is 0 Å². The molecule has 1 aromatic rings. The van der Waals surface area contributed by atoms with Gasteiger partial charge in [0.2, 0.25) is 0 Å². The zero-order valence-electron chi connectivity index (χ0n) is 12.0. The number of hydrogen-bond donors (Lipinski definition) is 1. The summed E-state index contributed by atoms with van der Waals surface area (Å²) in [6.07, 6.45) is 2.57. The van der Waals surface area contributed by atoms with Crippen LogP contribution < -0.4 is 5.32 Å². The number of thioether (sulfide) groups is 1. The molecule has 0 saturated heterocycles. The third kappa shape index (κ3) is 2.75. The summed E-state index contributed by atoms with van der Waals surface area (Å²) in [4.78, 5) is 1.49. The predicted molar refractivity (Wildman–Crippen MR) is 81.5 cm³/mol. The van der Waals surface area contributed by atoms with E-state index in [1.807, 2.05) is 0 Å². The highest BCUT2D eigenvalue weighted by Gasteiger charge is 2.32. The van der Waals surface area contributed by atoms with E-state index in [1.54, 1.807) is 0 Å². The topological polar surface area (TPSA) is 12.0 Å². The lowest BCUT2D eigenvalue weighted by Crippen LogP contribution is -2.27. The van der Waals surface area contributed by atoms with E-state index in [0.29, 0.717) is 17.2 Å². The summed E-state index contributed by atoms with van der Waals surface area (Å²) >= 11 is 2.07. The van der Waals surface area contributed by atoms with E-state index >= 15 is 0 Å². The molecule has 0 aliphatic carbocycles. The fourth-order valence-corrected chi connectivity index (χ4v) is 4.21. The van der Waals surface area contributed by atoms with Gasteiger partial charge in [0.05, 0.1) is 0 Å². The minimum Gasteiger partial charge on any atom is -0.309 e. The average molecular weight is 263 g/mol. The lowest BCUT2D eigenvalue weighted by molar-refractivity contribution is 0.513. The largest absolute Gasteiger partial charge is 0.309 e. The molecule has 100 valence electrons. The molecule has 1 aromatic carbocycles. The van der Waals surface area contributed by atoms with Crippen LogP contribution in [0.3, 0.4) is 0 Å². The second-order valence-electron chi connectivity index (χ2n) is 5.43. The third-order valence-electron chi connectivity index (χ3n) is 3.68. The molecule has 0 amide bonds. The summed E-state index contributed by atoms with van der Waals surface area (Å²) in [5, 5.41) is 4.40. The molecule has 0 saturated carbocycles. The standard InChI is InChI=1S/C16H25NS/c1-5-7-15-16(17-6-2)13-10-12(11(3)4)8-9-14(13)18-15/h8-11,15-17H,5-7H2,1-4H3. The van der Waals surface area contributed by atoms with Crippen molar-refractivity contribution < 1.29 is 0 Å². The number of benzene rings is 1. The molecule has 2 heteroatoms. The molecule has 0 radical (unpaired) electrons. The van der Waals surface area contributed by atoms with Crippen LogP contribution in [0.4, 0.5) is 0 Å². The zero-order valence-corrected chi connectivity index (χ0v) is 12.8. The Morgan fingerprint density at radius 2 is 2.06 bits per heavy atom. The Kier molecular flexibility index (Phi) is 4.74. The fourth-order valence-electron chi connectivity index (χ4n) is 2.68. The zero-order chi connectivity index (χ0) is 13.1. The van der Waals surface area contributed by atoms with Gasteiger partial charge in [-0.15, -0.1) is 11.8 Å². The Hall–Kier alpha value is -0.470. The number of hydrogen-bond acceptors (Lipinski definition) is 2. The van der Waals surface area contributed by atoms with Gasteiger partial charge in [-0.2, -0.15) is 0 Å². The first-order valence-corrected chi connectivity index (χ1v) is 8.09. The quantitative estimate of drug-likeness (QED) is 0.824. The maximum absolute atomic E-state index is 3.68. The smallest absolute Gasteiger partial charge is 0.0455 e. The summed E-state index contributed by atoms with van der Waals surface area (Å²) in [7, 11) is 0. The van der Waals surface area contributed by atoms with Gasteiger partial charge in [0, 0.05) is 16.2 Å². The van der Waals surface area contributed by atoms with Crippen molar-refractivity contribution in [2.24, 2.45) is 0 Å². The van der Waals surface area contributed by atoms with E-state index in [9.17, 15) is 0 Å². The van der Waals surface area contributed by atoms with Crippen LogP contribution in [0.1, 0.15) is 63.6 Å². The molecule has 1 N–H and O–H groups in total. The average Bonchev–Trinajstić information content (AvgIpc) is 2.68. The second kappa shape index (κ2) is 6.12. The molecule has 0 bridgehead atoms. The highest BCUT2D eigenvalue weighted by Crippen LogP contribution is 2.46. The van der Waals surface area contributed by atoms with Crippen molar-refractivity contribution in [1.82, 2.24) is 5.32 Å². The molecule has 1 aliphatic rings. The van der Waals surface area contributed by atoms with Gasteiger partial charge in [-0.25, -0.2) is 0 Å². The third-order valence-corrected chi connectivity index (χ3v) is 5.12. The first kappa shape index (κ1) is 14.0. The minimum atomic E-state index is 0.550. The lowest BCUT2D eigenvalue weighted by Gasteiger charge is -2.20. The fraction of sp³-hybridized carbons (Fsp3) is 0.625. The van der Waals surface area contributed by atoms with Gasteiger partial charge in [-0.1, -0.05) is 46.2 Å². The van der Waals surface area contributed by atoms with Gasteiger partial charge < -0.3 is 5.32 Å². The molecule has 1 nitrogen and oxygen atoms in total. The Balaban J connectivity index is 2.29. The monoisotopic (exact) mass is 263 g/mol. The molecule has 2 atom stereocenters. The van der Waals surface area contributed by atoms with Crippen LogP contribution in [0, 0.1) is 0 Å². The van der Waals surface area contributed by atoms with Gasteiger partial charge in [0.1, 0.15) is 0 Å². The SMILES string of the molecule is CCCC1Sc2ccc(C(C)C)cc2C1NCC. The molecule has 1 heterocycles. The van der Waals surface area contributed by atoms with E-state index in [-0.39, 0.29) is 0 Å². The van der Waals surface area contributed by atoms with Crippen molar-refractivity contribution in [2.45, 2.75) is 62.6 Å². The summed E-state index contributed by atoms with van der Waals surface area (Å²) in [6, 6.07) is 7.60. The summed E-state index contributed by atoms with van der Waals surface area (Å²) in [5.74, 6) is 0.618. The number of nitrogens with one attached hydrogen (secondary N) is 1. The highest BCUT2D eigenvalue weighted by molar-refractivity contribution is 8.00. The van der Waals surface area contributed by atoms with E-state index in [1.165, 1.54) is 28.9 Å². The summed E-state index contributed by atoms with van der Waals surface area (Å²) < 4.78 is 0. The lowest BCUT2D eigenvalue weighted by atomic mass is 9.95. The minimum absolute atomic E-state index is 0.550. The molecular formula is C16H25NS. The molecule has 0 spiro atoms. The summed E-state index contributed by atoms with van der Waals surface area (Å²) in [6.45, 7) is 10.1. The van der Waals surface area contributed by atoms with Crippen LogP contribution >= 0.6 is 11.8 Å². The number of rotatable bonds is 5. The Bertz CT molecular complexity index is 400.